The summed E-state index contributed by atoms with van der Waals surface area (Å²) >= 11 is 6.72. The Labute approximate surface area is 116 Å². The number of sulfonamides is 1. The molecule has 0 aromatic carbocycles. The third-order valence-electron chi connectivity index (χ3n) is 2.22. The Morgan fingerprint density at radius 1 is 1.37 bits per heavy atom. The van der Waals surface area contributed by atoms with Crippen LogP contribution in [-0.4, -0.2) is 32.6 Å². The molecular weight excluding hydrogens is 312 g/mol. The second-order valence-corrected chi connectivity index (χ2v) is 6.10. The van der Waals surface area contributed by atoms with Crippen LogP contribution in [0.15, 0.2) is 29.4 Å². The molecule has 0 atom stereocenters. The van der Waals surface area contributed by atoms with Crippen molar-refractivity contribution in [1.29, 1.82) is 0 Å². The molecule has 0 fully saturated rings. The molecule has 0 unspecified atom stereocenters. The Morgan fingerprint density at radius 3 is 2.95 bits per heavy atom. The number of aromatic nitrogens is 5. The molecule has 1 N–H and O–H groups in total. The Hall–Kier alpha value is -1.78. The zero-order chi connectivity index (χ0) is 13.5. The number of pyridine rings is 1. The number of rotatable bonds is 3. The lowest BCUT2D eigenvalue weighted by Crippen LogP contribution is -2.15. The normalized spacial score (nSPS) is 11.8. The van der Waals surface area contributed by atoms with Crippen LogP contribution in [0.4, 0.5) is 5.13 Å². The molecule has 3 heterocycles. The van der Waals surface area contributed by atoms with Crippen LogP contribution in [0.3, 0.4) is 0 Å². The molecule has 0 aliphatic heterocycles. The first-order valence-corrected chi connectivity index (χ1v) is 7.52. The van der Waals surface area contributed by atoms with Gasteiger partial charge < -0.3 is 0 Å². The SMILES string of the molecule is O=S(=O)(Nc1nnns1)c1c(Cl)nc2ccccn12. The first-order valence-electron chi connectivity index (χ1n) is 4.88. The van der Waals surface area contributed by atoms with E-state index in [0.717, 1.165) is 11.5 Å². The van der Waals surface area contributed by atoms with Gasteiger partial charge in [0.1, 0.15) is 5.65 Å². The maximum absolute atomic E-state index is 12.3. The van der Waals surface area contributed by atoms with E-state index in [1.807, 2.05) is 0 Å². The topological polar surface area (TPSA) is 102 Å². The largest absolute Gasteiger partial charge is 0.288 e. The third-order valence-corrected chi connectivity index (χ3v) is 4.60. The van der Waals surface area contributed by atoms with Gasteiger partial charge in [-0.05, 0) is 17.3 Å². The molecule has 0 spiro atoms. The maximum atomic E-state index is 12.3. The predicted molar refractivity (Wildman–Crippen MR) is 68.7 cm³/mol. The third kappa shape index (κ3) is 2.13. The zero-order valence-corrected chi connectivity index (χ0v) is 11.4. The van der Waals surface area contributed by atoms with E-state index in [0.29, 0.717) is 5.65 Å². The molecule has 3 rings (SSSR count). The average molecular weight is 317 g/mol. The number of hydrogen-bond donors (Lipinski definition) is 1. The van der Waals surface area contributed by atoms with E-state index in [-0.39, 0.29) is 15.3 Å². The highest BCUT2D eigenvalue weighted by atomic mass is 35.5. The summed E-state index contributed by atoms with van der Waals surface area (Å²) in [4.78, 5) is 3.97. The number of hydrogen-bond acceptors (Lipinski definition) is 7. The number of anilines is 1. The van der Waals surface area contributed by atoms with Crippen LogP contribution in [0.2, 0.25) is 5.15 Å². The van der Waals surface area contributed by atoms with Gasteiger partial charge in [-0.1, -0.05) is 27.3 Å². The highest BCUT2D eigenvalue weighted by Crippen LogP contribution is 2.24. The van der Waals surface area contributed by atoms with Crippen LogP contribution in [0.1, 0.15) is 0 Å². The second-order valence-electron chi connectivity index (χ2n) is 3.41. The molecule has 8 nitrogen and oxygen atoms in total. The van der Waals surface area contributed by atoms with Crippen molar-refractivity contribution >= 4 is 43.9 Å². The van der Waals surface area contributed by atoms with Gasteiger partial charge in [0.25, 0.3) is 10.0 Å². The van der Waals surface area contributed by atoms with E-state index in [1.165, 1.54) is 4.40 Å². The smallest absolute Gasteiger partial charge is 0.282 e. The van der Waals surface area contributed by atoms with Crippen molar-refractivity contribution in [2.45, 2.75) is 5.03 Å². The average Bonchev–Trinajstić information content (AvgIpc) is 2.94. The quantitative estimate of drug-likeness (QED) is 0.774. The molecule has 0 aliphatic carbocycles. The summed E-state index contributed by atoms with van der Waals surface area (Å²) in [5.41, 5.74) is 0.434. The Morgan fingerprint density at radius 2 is 2.21 bits per heavy atom. The molecule has 3 aromatic heterocycles. The van der Waals surface area contributed by atoms with Gasteiger partial charge in [0.2, 0.25) is 5.13 Å². The minimum absolute atomic E-state index is 0.0574. The summed E-state index contributed by atoms with van der Waals surface area (Å²) in [6, 6.07) is 5.06. The lowest BCUT2D eigenvalue weighted by Gasteiger charge is -2.04. The molecular formula is C8H5ClN6O2S2. The number of nitrogens with zero attached hydrogens (tertiary/aromatic N) is 5. The fourth-order valence-corrected chi connectivity index (χ4v) is 3.75. The molecule has 0 aliphatic rings. The minimum atomic E-state index is -3.91. The summed E-state index contributed by atoms with van der Waals surface area (Å²) in [5.74, 6) is 0. The predicted octanol–water partition coefficient (Wildman–Crippen LogP) is 1.03. The van der Waals surface area contributed by atoms with Crippen LogP contribution in [0.5, 0.6) is 0 Å². The van der Waals surface area contributed by atoms with Crippen LogP contribution in [0.25, 0.3) is 5.65 Å². The second kappa shape index (κ2) is 4.40. The minimum Gasteiger partial charge on any atom is -0.288 e. The summed E-state index contributed by atoms with van der Waals surface area (Å²) in [6.45, 7) is 0. The first kappa shape index (κ1) is 12.3. The highest BCUT2D eigenvalue weighted by Gasteiger charge is 2.25. The summed E-state index contributed by atoms with van der Waals surface area (Å²) < 4.78 is 31.6. The van der Waals surface area contributed by atoms with E-state index in [2.05, 4.69) is 24.5 Å². The molecule has 0 saturated heterocycles. The summed E-state index contributed by atoms with van der Waals surface area (Å²) in [7, 11) is -3.91. The van der Waals surface area contributed by atoms with E-state index in [1.54, 1.807) is 24.4 Å². The van der Waals surface area contributed by atoms with Gasteiger partial charge in [-0.15, -0.1) is 0 Å². The van der Waals surface area contributed by atoms with Gasteiger partial charge in [-0.25, -0.2) is 4.98 Å². The lowest BCUT2D eigenvalue weighted by molar-refractivity contribution is 0.596. The highest BCUT2D eigenvalue weighted by molar-refractivity contribution is 7.93. The van der Waals surface area contributed by atoms with Gasteiger partial charge in [-0.2, -0.15) is 8.42 Å². The number of nitrogens with one attached hydrogen (secondary N) is 1. The van der Waals surface area contributed by atoms with Gasteiger partial charge >= 0.3 is 0 Å². The van der Waals surface area contributed by atoms with E-state index in [9.17, 15) is 8.42 Å². The molecule has 19 heavy (non-hydrogen) atoms. The van der Waals surface area contributed by atoms with Gasteiger partial charge in [0.15, 0.2) is 10.2 Å². The van der Waals surface area contributed by atoms with Crippen LogP contribution < -0.4 is 4.72 Å². The Kier molecular flexibility index (Phi) is 2.84. The van der Waals surface area contributed by atoms with Crippen molar-refractivity contribution in [3.8, 4) is 0 Å². The monoisotopic (exact) mass is 316 g/mol. The summed E-state index contributed by atoms with van der Waals surface area (Å²) in [6.07, 6.45) is 1.56. The maximum Gasteiger partial charge on any atom is 0.282 e. The Balaban J connectivity index is 2.15. The lowest BCUT2D eigenvalue weighted by atomic mass is 10.5. The van der Waals surface area contributed by atoms with E-state index in [4.69, 9.17) is 11.6 Å². The van der Waals surface area contributed by atoms with Gasteiger partial charge in [-0.3, -0.25) is 9.12 Å². The molecule has 3 aromatic rings. The van der Waals surface area contributed by atoms with Crippen molar-refractivity contribution in [3.63, 3.8) is 0 Å². The van der Waals surface area contributed by atoms with Crippen LogP contribution in [-0.2, 0) is 10.0 Å². The number of fused-ring (bicyclic) bond motifs is 1. The van der Waals surface area contributed by atoms with Crippen molar-refractivity contribution < 1.29 is 8.42 Å². The van der Waals surface area contributed by atoms with Crippen molar-refractivity contribution in [2.24, 2.45) is 0 Å². The fourth-order valence-electron chi connectivity index (χ4n) is 1.52. The van der Waals surface area contributed by atoms with Gasteiger partial charge in [0, 0.05) is 17.7 Å². The van der Waals surface area contributed by atoms with E-state index < -0.39 is 10.0 Å². The van der Waals surface area contributed by atoms with E-state index >= 15 is 0 Å². The summed E-state index contributed by atoms with van der Waals surface area (Å²) in [5, 5.41) is 6.61. The standard InChI is InChI=1S/C8H5ClN6O2S2/c9-6-7(15-4-2-1-3-5(15)10-6)19(16,17)12-8-11-13-14-18-8/h1-4H,(H,11,12,14). The molecule has 98 valence electrons. The number of halogens is 1. The molecule has 11 heteroatoms. The number of imidazole rings is 1. The van der Waals surface area contributed by atoms with Crippen molar-refractivity contribution in [3.05, 3.63) is 29.5 Å². The molecule has 0 saturated carbocycles. The fraction of sp³-hybridized carbons (Fsp3) is 0. The molecule has 0 amide bonds. The first-order chi connectivity index (χ1) is 9.08. The molecule has 0 bridgehead atoms. The van der Waals surface area contributed by atoms with Crippen LogP contribution in [0, 0.1) is 0 Å². The molecule has 0 radical (unpaired) electrons. The Bertz CT molecular complexity index is 828. The van der Waals surface area contributed by atoms with Crippen molar-refractivity contribution in [2.75, 3.05) is 4.72 Å². The van der Waals surface area contributed by atoms with Crippen molar-refractivity contribution in [1.82, 2.24) is 24.2 Å². The van der Waals surface area contributed by atoms with Crippen LogP contribution >= 0.6 is 23.1 Å². The zero-order valence-electron chi connectivity index (χ0n) is 9.06. The van der Waals surface area contributed by atoms with Gasteiger partial charge in [0.05, 0.1) is 0 Å².